The van der Waals surface area contributed by atoms with Gasteiger partial charge in [-0.05, 0) is 46.9 Å². The molecule has 1 heterocycles. The summed E-state index contributed by atoms with van der Waals surface area (Å²) in [6.07, 6.45) is -0.683. The van der Waals surface area contributed by atoms with Crippen LogP contribution in [0.3, 0.4) is 0 Å². The summed E-state index contributed by atoms with van der Waals surface area (Å²) in [6.45, 7) is 3.77. The van der Waals surface area contributed by atoms with Crippen molar-refractivity contribution in [3.05, 3.63) is 108 Å². The standard InChI is InChI=1S/C38H41N3O8/c1-23(2)33(40-38(44)49-22-24-10-8-7-9-11-24)36(42)39-27-16-12-25(13-17-27)32-34(26-14-18-29(45-3)19-15-26)41(37(32)43)28-20-30(46-4)35(48-6)31(21-28)47-5/h7-21,23,32-34H,22H2,1-6H3,(H,39,42)(H,40,44)/t32-,33-,34-/m0/s1. The molecule has 5 rings (SSSR count). The quantitative estimate of drug-likeness (QED) is 0.155. The maximum Gasteiger partial charge on any atom is 0.408 e. The molecule has 0 spiro atoms. The molecule has 1 fully saturated rings. The van der Waals surface area contributed by atoms with Gasteiger partial charge in [0.15, 0.2) is 11.5 Å². The Morgan fingerprint density at radius 1 is 0.776 bits per heavy atom. The Balaban J connectivity index is 1.35. The van der Waals surface area contributed by atoms with Crippen LogP contribution in [0.1, 0.15) is 42.5 Å². The largest absolute Gasteiger partial charge is 0.497 e. The lowest BCUT2D eigenvalue weighted by Gasteiger charge is -2.48. The van der Waals surface area contributed by atoms with Crippen LogP contribution in [0.25, 0.3) is 0 Å². The predicted octanol–water partition coefficient (Wildman–Crippen LogP) is 6.48. The molecule has 1 saturated heterocycles. The lowest BCUT2D eigenvalue weighted by atomic mass is 9.77. The second kappa shape index (κ2) is 15.5. The van der Waals surface area contributed by atoms with Crippen molar-refractivity contribution in [2.45, 2.75) is 38.5 Å². The number of hydrogen-bond donors (Lipinski definition) is 2. The highest BCUT2D eigenvalue weighted by Crippen LogP contribution is 2.52. The monoisotopic (exact) mass is 667 g/mol. The number of nitrogens with zero attached hydrogens (tertiary/aromatic N) is 1. The molecular formula is C38H41N3O8. The summed E-state index contributed by atoms with van der Waals surface area (Å²) in [5.74, 6) is 0.763. The van der Waals surface area contributed by atoms with E-state index in [1.165, 1.54) is 21.3 Å². The molecule has 11 heteroatoms. The number of amides is 3. The number of carbonyl (C=O) groups is 3. The van der Waals surface area contributed by atoms with E-state index in [0.717, 1.165) is 16.7 Å². The summed E-state index contributed by atoms with van der Waals surface area (Å²) in [5.41, 5.74) is 3.63. The molecule has 256 valence electrons. The van der Waals surface area contributed by atoms with Gasteiger partial charge in [-0.3, -0.25) is 9.59 Å². The second-order valence-electron chi connectivity index (χ2n) is 11.8. The van der Waals surface area contributed by atoms with E-state index in [1.54, 1.807) is 36.3 Å². The molecule has 4 aromatic carbocycles. The molecule has 3 amide bonds. The van der Waals surface area contributed by atoms with Crippen LogP contribution in [-0.2, 0) is 20.9 Å². The fraction of sp³-hybridized carbons (Fsp3) is 0.289. The van der Waals surface area contributed by atoms with Crippen LogP contribution < -0.4 is 34.5 Å². The highest BCUT2D eigenvalue weighted by atomic mass is 16.5. The maximum atomic E-state index is 14.0. The normalized spacial score (nSPS) is 15.9. The van der Waals surface area contributed by atoms with E-state index in [-0.39, 0.29) is 30.4 Å². The van der Waals surface area contributed by atoms with Gasteiger partial charge in [0.25, 0.3) is 0 Å². The lowest BCUT2D eigenvalue weighted by Crippen LogP contribution is -2.53. The molecule has 0 bridgehead atoms. The highest BCUT2D eigenvalue weighted by Gasteiger charge is 2.50. The van der Waals surface area contributed by atoms with Crippen molar-refractivity contribution in [2.24, 2.45) is 5.92 Å². The SMILES string of the molecule is COc1ccc([C@H]2[C@H](c3ccc(NC(=O)[C@@H](NC(=O)OCc4ccccc4)C(C)C)cc3)C(=O)N2c2cc(OC)c(OC)c(OC)c2)cc1. The molecule has 0 unspecified atom stereocenters. The Hall–Kier alpha value is -5.71. The van der Waals surface area contributed by atoms with Gasteiger partial charge in [0.1, 0.15) is 18.4 Å². The smallest absolute Gasteiger partial charge is 0.408 e. The van der Waals surface area contributed by atoms with Crippen molar-refractivity contribution < 1.29 is 38.1 Å². The molecule has 2 N–H and O–H groups in total. The fourth-order valence-electron chi connectivity index (χ4n) is 5.87. The summed E-state index contributed by atoms with van der Waals surface area (Å²) >= 11 is 0. The predicted molar refractivity (Wildman–Crippen MR) is 186 cm³/mol. The Bertz CT molecular complexity index is 1740. The van der Waals surface area contributed by atoms with E-state index in [0.29, 0.717) is 34.4 Å². The zero-order valence-corrected chi connectivity index (χ0v) is 28.4. The van der Waals surface area contributed by atoms with Crippen LogP contribution in [0.5, 0.6) is 23.0 Å². The van der Waals surface area contributed by atoms with Gasteiger partial charge in [0.05, 0.1) is 46.1 Å². The Morgan fingerprint density at radius 3 is 1.94 bits per heavy atom. The minimum atomic E-state index is -0.831. The Labute approximate surface area is 286 Å². The van der Waals surface area contributed by atoms with Crippen LogP contribution >= 0.6 is 0 Å². The number of nitrogens with one attached hydrogen (secondary N) is 2. The van der Waals surface area contributed by atoms with Gasteiger partial charge in [-0.15, -0.1) is 0 Å². The first kappa shape index (κ1) is 34.6. The molecule has 4 aromatic rings. The number of anilines is 2. The number of β-lactam (4-membered cyclic amide) rings is 1. The fourth-order valence-corrected chi connectivity index (χ4v) is 5.87. The molecule has 3 atom stereocenters. The third-order valence-corrected chi connectivity index (χ3v) is 8.45. The first-order valence-corrected chi connectivity index (χ1v) is 15.8. The van der Waals surface area contributed by atoms with Crippen LogP contribution in [-0.4, -0.2) is 52.4 Å². The summed E-state index contributed by atoms with van der Waals surface area (Å²) in [5, 5.41) is 5.56. The van der Waals surface area contributed by atoms with Gasteiger partial charge in [-0.25, -0.2) is 4.79 Å². The van der Waals surface area contributed by atoms with Gasteiger partial charge < -0.3 is 39.2 Å². The molecule has 0 radical (unpaired) electrons. The lowest BCUT2D eigenvalue weighted by molar-refractivity contribution is -0.126. The van der Waals surface area contributed by atoms with Gasteiger partial charge >= 0.3 is 6.09 Å². The highest BCUT2D eigenvalue weighted by molar-refractivity contribution is 6.07. The zero-order chi connectivity index (χ0) is 35.1. The second-order valence-corrected chi connectivity index (χ2v) is 11.8. The number of hydrogen-bond acceptors (Lipinski definition) is 8. The van der Waals surface area contributed by atoms with E-state index < -0.39 is 18.1 Å². The van der Waals surface area contributed by atoms with Crippen LogP contribution in [0.2, 0.25) is 0 Å². The first-order valence-electron chi connectivity index (χ1n) is 15.8. The topological polar surface area (TPSA) is 125 Å². The van der Waals surface area contributed by atoms with Crippen molar-refractivity contribution in [2.75, 3.05) is 38.7 Å². The first-order chi connectivity index (χ1) is 23.7. The summed E-state index contributed by atoms with van der Waals surface area (Å²) in [7, 11) is 6.18. The minimum Gasteiger partial charge on any atom is -0.497 e. The molecule has 49 heavy (non-hydrogen) atoms. The average Bonchev–Trinajstić information content (AvgIpc) is 3.12. The molecule has 0 aromatic heterocycles. The van der Waals surface area contributed by atoms with Gasteiger partial charge in [0, 0.05) is 17.8 Å². The van der Waals surface area contributed by atoms with Crippen molar-refractivity contribution in [3.63, 3.8) is 0 Å². The zero-order valence-electron chi connectivity index (χ0n) is 28.4. The van der Waals surface area contributed by atoms with E-state index >= 15 is 0 Å². The molecule has 0 saturated carbocycles. The molecular weight excluding hydrogens is 626 g/mol. The third kappa shape index (κ3) is 7.56. The van der Waals surface area contributed by atoms with E-state index in [4.69, 9.17) is 23.7 Å². The Kier molecular flexibility index (Phi) is 10.9. The van der Waals surface area contributed by atoms with Crippen LogP contribution in [0.4, 0.5) is 16.2 Å². The number of ether oxygens (including phenoxy) is 5. The molecule has 11 nitrogen and oxygen atoms in total. The summed E-state index contributed by atoms with van der Waals surface area (Å²) < 4.78 is 27.3. The summed E-state index contributed by atoms with van der Waals surface area (Å²) in [4.78, 5) is 41.5. The third-order valence-electron chi connectivity index (χ3n) is 8.45. The summed E-state index contributed by atoms with van der Waals surface area (Å²) in [6, 6.07) is 26.4. The van der Waals surface area contributed by atoms with Crippen LogP contribution in [0, 0.1) is 5.92 Å². The van der Waals surface area contributed by atoms with Gasteiger partial charge in [0.2, 0.25) is 17.6 Å². The Morgan fingerprint density at radius 2 is 1.39 bits per heavy atom. The maximum absolute atomic E-state index is 14.0. The van der Waals surface area contributed by atoms with E-state index in [9.17, 15) is 14.4 Å². The molecule has 0 aliphatic carbocycles. The van der Waals surface area contributed by atoms with Crippen molar-refractivity contribution in [1.29, 1.82) is 0 Å². The van der Waals surface area contributed by atoms with Gasteiger partial charge in [-0.1, -0.05) is 68.4 Å². The number of alkyl carbamates (subject to hydrolysis) is 1. The number of rotatable bonds is 13. The van der Waals surface area contributed by atoms with Crippen LogP contribution in [0.15, 0.2) is 91.0 Å². The average molecular weight is 668 g/mol. The van der Waals surface area contributed by atoms with Gasteiger partial charge in [-0.2, -0.15) is 0 Å². The molecule has 1 aliphatic rings. The number of methoxy groups -OCH3 is 4. The van der Waals surface area contributed by atoms with E-state index in [1.807, 2.05) is 80.6 Å². The van der Waals surface area contributed by atoms with Crippen molar-refractivity contribution >= 4 is 29.3 Å². The van der Waals surface area contributed by atoms with Crippen molar-refractivity contribution in [3.8, 4) is 23.0 Å². The number of carbonyl (C=O) groups excluding carboxylic acids is 3. The van der Waals surface area contributed by atoms with E-state index in [2.05, 4.69) is 10.6 Å². The molecule has 1 aliphatic heterocycles. The van der Waals surface area contributed by atoms with Crippen molar-refractivity contribution in [1.82, 2.24) is 5.32 Å². The number of benzene rings is 4. The minimum absolute atomic E-state index is 0.0922.